The van der Waals surface area contributed by atoms with E-state index >= 15 is 0 Å². The topological polar surface area (TPSA) is 101 Å². The van der Waals surface area contributed by atoms with Crippen LogP contribution in [0.2, 0.25) is 0 Å². The zero-order valence-electron chi connectivity index (χ0n) is 6.73. The summed E-state index contributed by atoms with van der Waals surface area (Å²) in [5.74, 6) is -2.36. The highest BCUT2D eigenvalue weighted by Crippen LogP contribution is 2.21. The van der Waals surface area contributed by atoms with E-state index in [-0.39, 0.29) is 12.0 Å². The first-order chi connectivity index (χ1) is 5.96. The molecular weight excluding hydrogens is 174 g/mol. The van der Waals surface area contributed by atoms with E-state index in [0.29, 0.717) is 0 Å². The Hall–Kier alpha value is -1.62. The normalized spacial score (nSPS) is 26.7. The smallest absolute Gasteiger partial charge is 0.331 e. The third-order valence-corrected chi connectivity index (χ3v) is 1.85. The summed E-state index contributed by atoms with van der Waals surface area (Å²) in [6.07, 6.45) is 3.79. The molecule has 0 spiro atoms. The molecule has 0 amide bonds. The summed E-state index contributed by atoms with van der Waals surface area (Å²) in [6, 6.07) is 0. The number of carbonyl (C=O) groups is 2. The van der Waals surface area contributed by atoms with Crippen molar-refractivity contribution in [2.75, 3.05) is 0 Å². The van der Waals surface area contributed by atoms with Gasteiger partial charge in [-0.1, -0.05) is 18.2 Å². The van der Waals surface area contributed by atoms with Crippen LogP contribution in [0.1, 0.15) is 6.42 Å². The molecule has 70 valence electrons. The Morgan fingerprint density at radius 1 is 1.46 bits per heavy atom. The van der Waals surface area contributed by atoms with Crippen LogP contribution in [-0.4, -0.2) is 27.7 Å². The second-order valence-corrected chi connectivity index (χ2v) is 2.88. The number of hydrogen-bond acceptors (Lipinski definition) is 3. The van der Waals surface area contributed by atoms with Crippen molar-refractivity contribution < 1.29 is 19.8 Å². The van der Waals surface area contributed by atoms with E-state index < -0.39 is 17.5 Å². The summed E-state index contributed by atoms with van der Waals surface area (Å²) in [7, 11) is 0. The van der Waals surface area contributed by atoms with Crippen LogP contribution >= 0.6 is 0 Å². The van der Waals surface area contributed by atoms with E-state index in [1.54, 1.807) is 0 Å². The van der Waals surface area contributed by atoms with Crippen LogP contribution in [0.15, 0.2) is 23.8 Å². The minimum atomic E-state index is -1.58. The molecule has 0 aliphatic heterocycles. The van der Waals surface area contributed by atoms with Gasteiger partial charge in [0.15, 0.2) is 0 Å². The average molecular weight is 183 g/mol. The monoisotopic (exact) mass is 183 g/mol. The van der Waals surface area contributed by atoms with Crippen molar-refractivity contribution in [3.63, 3.8) is 0 Å². The Morgan fingerprint density at radius 3 is 2.54 bits per heavy atom. The number of allylic oxidation sites excluding steroid dienone is 2. The van der Waals surface area contributed by atoms with Gasteiger partial charge in [0.25, 0.3) is 0 Å². The minimum Gasteiger partial charge on any atom is -0.480 e. The summed E-state index contributed by atoms with van der Waals surface area (Å²) in [5.41, 5.74) is 3.87. The van der Waals surface area contributed by atoms with Crippen molar-refractivity contribution >= 4 is 11.9 Å². The third kappa shape index (κ3) is 1.75. The molecule has 0 heterocycles. The molecule has 4 N–H and O–H groups in total. The molecule has 0 saturated carbocycles. The van der Waals surface area contributed by atoms with E-state index in [9.17, 15) is 9.59 Å². The Kier molecular flexibility index (Phi) is 2.20. The molecular formula is C8H9NO4. The maximum Gasteiger partial charge on any atom is 0.331 e. The molecule has 5 nitrogen and oxygen atoms in total. The van der Waals surface area contributed by atoms with Gasteiger partial charge in [-0.25, -0.2) is 9.59 Å². The fourth-order valence-electron chi connectivity index (χ4n) is 1.06. The number of carboxylic acid groups (broad SMARTS) is 2. The summed E-state index contributed by atoms with van der Waals surface area (Å²) in [4.78, 5) is 21.2. The highest BCUT2D eigenvalue weighted by Gasteiger charge is 2.35. The van der Waals surface area contributed by atoms with Crippen LogP contribution in [0, 0.1) is 0 Å². The fourth-order valence-corrected chi connectivity index (χ4v) is 1.06. The highest BCUT2D eigenvalue weighted by atomic mass is 16.4. The highest BCUT2D eigenvalue weighted by molar-refractivity contribution is 5.91. The standard InChI is InChI=1S/C8H9NO4/c9-8(7(12)13)3-1-2-5(4-8)6(10)11/h1-3H,4,9H2,(H,10,11)(H,12,13). The van der Waals surface area contributed by atoms with Crippen molar-refractivity contribution in [1.82, 2.24) is 0 Å². The Labute approximate surface area is 74.2 Å². The molecule has 13 heavy (non-hydrogen) atoms. The zero-order chi connectivity index (χ0) is 10.1. The summed E-state index contributed by atoms with van der Waals surface area (Å²) >= 11 is 0. The molecule has 1 aliphatic rings. The van der Waals surface area contributed by atoms with E-state index in [0.717, 1.165) is 0 Å². The lowest BCUT2D eigenvalue weighted by Crippen LogP contribution is -2.47. The first-order valence-electron chi connectivity index (χ1n) is 3.60. The van der Waals surface area contributed by atoms with Gasteiger partial charge in [0, 0.05) is 12.0 Å². The van der Waals surface area contributed by atoms with E-state index in [4.69, 9.17) is 15.9 Å². The van der Waals surface area contributed by atoms with Crippen molar-refractivity contribution in [3.8, 4) is 0 Å². The first kappa shape index (κ1) is 9.47. The molecule has 0 aromatic rings. The van der Waals surface area contributed by atoms with Crippen LogP contribution < -0.4 is 5.73 Å². The molecule has 0 radical (unpaired) electrons. The quantitative estimate of drug-likeness (QED) is 0.547. The summed E-state index contributed by atoms with van der Waals surface area (Å²) < 4.78 is 0. The third-order valence-electron chi connectivity index (χ3n) is 1.85. The maximum absolute atomic E-state index is 10.6. The number of nitrogens with two attached hydrogens (primary N) is 1. The van der Waals surface area contributed by atoms with E-state index in [1.807, 2.05) is 0 Å². The van der Waals surface area contributed by atoms with Gasteiger partial charge in [-0.3, -0.25) is 0 Å². The molecule has 0 bridgehead atoms. The number of rotatable bonds is 2. The predicted octanol–water partition coefficient (Wildman–Crippen LogP) is -0.261. The van der Waals surface area contributed by atoms with Crippen molar-refractivity contribution in [2.45, 2.75) is 12.0 Å². The van der Waals surface area contributed by atoms with Crippen molar-refractivity contribution in [1.29, 1.82) is 0 Å². The lowest BCUT2D eigenvalue weighted by Gasteiger charge is -2.23. The number of aliphatic carboxylic acids is 2. The second-order valence-electron chi connectivity index (χ2n) is 2.88. The lowest BCUT2D eigenvalue weighted by atomic mass is 9.87. The largest absolute Gasteiger partial charge is 0.480 e. The molecule has 1 unspecified atom stereocenters. The van der Waals surface area contributed by atoms with Crippen LogP contribution in [0.4, 0.5) is 0 Å². The maximum atomic E-state index is 10.6. The van der Waals surface area contributed by atoms with Crippen LogP contribution in [0.5, 0.6) is 0 Å². The Bertz CT molecular complexity index is 318. The van der Waals surface area contributed by atoms with Gasteiger partial charge in [-0.05, 0) is 0 Å². The van der Waals surface area contributed by atoms with Crippen LogP contribution in [0.3, 0.4) is 0 Å². The van der Waals surface area contributed by atoms with Gasteiger partial charge in [0.1, 0.15) is 5.54 Å². The van der Waals surface area contributed by atoms with Gasteiger partial charge < -0.3 is 15.9 Å². The molecule has 5 heteroatoms. The fraction of sp³-hybridized carbons (Fsp3) is 0.250. The molecule has 1 rings (SSSR count). The molecule has 1 aliphatic carbocycles. The molecule has 0 saturated heterocycles. The Morgan fingerprint density at radius 2 is 2.08 bits per heavy atom. The van der Waals surface area contributed by atoms with Crippen molar-refractivity contribution in [2.24, 2.45) is 5.73 Å². The van der Waals surface area contributed by atoms with Crippen LogP contribution in [0.25, 0.3) is 0 Å². The SMILES string of the molecule is NC1(C(=O)O)C=CC=C(C(=O)O)C1. The Balaban J connectivity index is 2.92. The zero-order valence-corrected chi connectivity index (χ0v) is 6.73. The summed E-state index contributed by atoms with van der Waals surface area (Å²) in [6.45, 7) is 0. The molecule has 0 aromatic heterocycles. The number of hydrogen-bond donors (Lipinski definition) is 3. The van der Waals surface area contributed by atoms with Gasteiger partial charge >= 0.3 is 11.9 Å². The predicted molar refractivity (Wildman–Crippen MR) is 44.0 cm³/mol. The lowest BCUT2D eigenvalue weighted by molar-refractivity contribution is -0.141. The number of carboxylic acids is 2. The first-order valence-corrected chi connectivity index (χ1v) is 3.60. The molecule has 1 atom stereocenters. The van der Waals surface area contributed by atoms with Gasteiger partial charge in [0.05, 0.1) is 0 Å². The van der Waals surface area contributed by atoms with Gasteiger partial charge in [-0.2, -0.15) is 0 Å². The van der Waals surface area contributed by atoms with Crippen molar-refractivity contribution in [3.05, 3.63) is 23.8 Å². The van der Waals surface area contributed by atoms with Crippen LogP contribution in [-0.2, 0) is 9.59 Å². The van der Waals surface area contributed by atoms with E-state index in [1.165, 1.54) is 18.2 Å². The van der Waals surface area contributed by atoms with E-state index in [2.05, 4.69) is 0 Å². The van der Waals surface area contributed by atoms with Gasteiger partial charge in [-0.15, -0.1) is 0 Å². The average Bonchev–Trinajstić information content (AvgIpc) is 2.04. The molecule has 0 aromatic carbocycles. The summed E-state index contributed by atoms with van der Waals surface area (Å²) in [5, 5.41) is 17.3. The second kappa shape index (κ2) is 3.02. The minimum absolute atomic E-state index is 0.00685. The molecule has 0 fully saturated rings. The van der Waals surface area contributed by atoms with Gasteiger partial charge in [0.2, 0.25) is 0 Å².